The Morgan fingerprint density at radius 3 is 2.53 bits per heavy atom. The highest BCUT2D eigenvalue weighted by Crippen LogP contribution is 2.20. The molecule has 2 rings (SSSR count). The molecule has 7 heteroatoms. The van der Waals surface area contributed by atoms with Crippen molar-refractivity contribution in [2.75, 3.05) is 0 Å². The number of aliphatic hydroxyl groups is 1. The Morgan fingerprint density at radius 2 is 2.06 bits per heavy atom. The lowest BCUT2D eigenvalue weighted by molar-refractivity contribution is 0.248. The van der Waals surface area contributed by atoms with Gasteiger partial charge in [-0.2, -0.15) is 0 Å². The number of hydrogen-bond acceptors (Lipinski definition) is 5. The second-order valence-electron chi connectivity index (χ2n) is 3.35. The van der Waals surface area contributed by atoms with Crippen LogP contribution >= 0.6 is 0 Å². The third-order valence-corrected chi connectivity index (χ3v) is 3.03. The molecular weight excluding hydrogens is 244 g/mol. The van der Waals surface area contributed by atoms with Gasteiger partial charge in [-0.15, -0.1) is 0 Å². The predicted molar refractivity (Wildman–Crippen MR) is 59.2 cm³/mol. The van der Waals surface area contributed by atoms with E-state index in [4.69, 9.17) is 14.7 Å². The van der Waals surface area contributed by atoms with Gasteiger partial charge in [-0.1, -0.05) is 0 Å². The van der Waals surface area contributed by atoms with E-state index in [0.29, 0.717) is 17.2 Å². The maximum atomic E-state index is 11.0. The molecule has 0 amide bonds. The number of sulfonamides is 1. The van der Waals surface area contributed by atoms with Crippen molar-refractivity contribution in [1.82, 2.24) is 4.98 Å². The maximum absolute atomic E-state index is 11.0. The lowest BCUT2D eigenvalue weighted by Gasteiger charge is -1.99. The summed E-state index contributed by atoms with van der Waals surface area (Å²) in [7, 11) is -3.73. The Labute approximate surface area is 97.8 Å². The van der Waals surface area contributed by atoms with Crippen molar-refractivity contribution in [1.29, 1.82) is 0 Å². The predicted octanol–water partition coefficient (Wildman–Crippen LogP) is 0.481. The summed E-state index contributed by atoms with van der Waals surface area (Å²) in [6, 6.07) is 6.09. The van der Waals surface area contributed by atoms with Crippen LogP contribution in [0.15, 0.2) is 39.8 Å². The van der Waals surface area contributed by atoms with E-state index in [1.54, 1.807) is 12.1 Å². The van der Waals surface area contributed by atoms with E-state index in [0.717, 1.165) is 6.20 Å². The second kappa shape index (κ2) is 4.28. The summed E-state index contributed by atoms with van der Waals surface area (Å²) in [5.41, 5.74) is 0.470. The Kier molecular flexibility index (Phi) is 2.97. The summed E-state index contributed by atoms with van der Waals surface area (Å²) in [5.74, 6) is 0.868. The first-order valence-electron chi connectivity index (χ1n) is 4.69. The van der Waals surface area contributed by atoms with Crippen LogP contribution in [0.1, 0.15) is 5.76 Å². The van der Waals surface area contributed by atoms with Crippen LogP contribution in [0.25, 0.3) is 11.5 Å². The van der Waals surface area contributed by atoms with Crippen molar-refractivity contribution in [2.45, 2.75) is 11.5 Å². The van der Waals surface area contributed by atoms with E-state index >= 15 is 0 Å². The Balaban J connectivity index is 2.35. The van der Waals surface area contributed by atoms with Crippen molar-refractivity contribution in [3.63, 3.8) is 0 Å². The van der Waals surface area contributed by atoms with Crippen LogP contribution in [0.5, 0.6) is 0 Å². The van der Waals surface area contributed by atoms with Gasteiger partial charge in [0, 0.05) is 6.20 Å². The molecule has 0 bridgehead atoms. The lowest BCUT2D eigenvalue weighted by Crippen LogP contribution is -2.12. The molecule has 3 N–H and O–H groups in total. The molecule has 0 aliphatic carbocycles. The topological polar surface area (TPSA) is 106 Å². The molecular formula is C10H10N2O4S. The highest BCUT2D eigenvalue weighted by molar-refractivity contribution is 7.89. The maximum Gasteiger partial charge on any atom is 0.239 e. The average molecular weight is 254 g/mol. The van der Waals surface area contributed by atoms with Gasteiger partial charge in [-0.3, -0.25) is 4.98 Å². The number of aromatic nitrogens is 1. The van der Waals surface area contributed by atoms with Gasteiger partial charge in [-0.25, -0.2) is 13.6 Å². The van der Waals surface area contributed by atoms with Gasteiger partial charge in [-0.05, 0) is 24.3 Å². The van der Waals surface area contributed by atoms with Gasteiger partial charge in [0.2, 0.25) is 10.0 Å². The third kappa shape index (κ3) is 2.52. The molecule has 0 atom stereocenters. The van der Waals surface area contributed by atoms with E-state index in [9.17, 15) is 8.42 Å². The summed E-state index contributed by atoms with van der Waals surface area (Å²) in [6.07, 6.45) is 1.16. The molecule has 17 heavy (non-hydrogen) atoms. The van der Waals surface area contributed by atoms with Gasteiger partial charge in [0.05, 0.1) is 0 Å². The summed E-state index contributed by atoms with van der Waals surface area (Å²) >= 11 is 0. The van der Waals surface area contributed by atoms with Gasteiger partial charge in [0.15, 0.2) is 5.76 Å². The Hall–Kier alpha value is -1.70. The van der Waals surface area contributed by atoms with Gasteiger partial charge >= 0.3 is 0 Å². The number of nitrogens with zero attached hydrogens (tertiary/aromatic N) is 1. The fraction of sp³-hybridized carbons (Fsp3) is 0.100. The molecule has 0 saturated carbocycles. The molecule has 0 radical (unpaired) electrons. The minimum absolute atomic E-state index is 0.0600. The quantitative estimate of drug-likeness (QED) is 0.828. The fourth-order valence-electron chi connectivity index (χ4n) is 1.29. The molecule has 0 aromatic carbocycles. The molecule has 2 aromatic heterocycles. The highest BCUT2D eigenvalue weighted by atomic mass is 32.2. The first kappa shape index (κ1) is 11.8. The number of aliphatic hydroxyl groups excluding tert-OH is 1. The van der Waals surface area contributed by atoms with Gasteiger partial charge in [0.25, 0.3) is 0 Å². The largest absolute Gasteiger partial charge is 0.457 e. The smallest absolute Gasteiger partial charge is 0.239 e. The highest BCUT2D eigenvalue weighted by Gasteiger charge is 2.10. The zero-order chi connectivity index (χ0) is 12.5. The Morgan fingerprint density at radius 1 is 1.29 bits per heavy atom. The molecule has 6 nitrogen and oxygen atoms in total. The van der Waals surface area contributed by atoms with E-state index < -0.39 is 10.0 Å². The zero-order valence-corrected chi connectivity index (χ0v) is 9.52. The molecule has 90 valence electrons. The minimum atomic E-state index is -3.73. The van der Waals surface area contributed by atoms with Gasteiger partial charge in [0.1, 0.15) is 23.0 Å². The van der Waals surface area contributed by atoms with Crippen LogP contribution in [-0.4, -0.2) is 18.5 Å². The van der Waals surface area contributed by atoms with Crippen LogP contribution < -0.4 is 5.14 Å². The molecule has 0 fully saturated rings. The second-order valence-corrected chi connectivity index (χ2v) is 4.91. The van der Waals surface area contributed by atoms with Crippen molar-refractivity contribution < 1.29 is 17.9 Å². The van der Waals surface area contributed by atoms with Crippen LogP contribution in [0, 0.1) is 0 Å². The van der Waals surface area contributed by atoms with E-state index in [1.807, 2.05) is 0 Å². The molecule has 0 aliphatic rings. The Bertz CT molecular complexity index is 616. The fourth-order valence-corrected chi connectivity index (χ4v) is 1.75. The molecule has 0 aliphatic heterocycles. The lowest BCUT2D eigenvalue weighted by atomic mass is 10.3. The molecule has 0 saturated heterocycles. The normalized spacial score (nSPS) is 11.6. The molecule has 0 spiro atoms. The van der Waals surface area contributed by atoms with Crippen LogP contribution in [0.4, 0.5) is 0 Å². The summed E-state index contributed by atoms with van der Waals surface area (Å²) in [4.78, 5) is 3.87. The zero-order valence-electron chi connectivity index (χ0n) is 8.70. The van der Waals surface area contributed by atoms with Gasteiger partial charge < -0.3 is 9.52 Å². The minimum Gasteiger partial charge on any atom is -0.457 e. The van der Waals surface area contributed by atoms with Crippen molar-refractivity contribution in [2.24, 2.45) is 5.14 Å². The number of nitrogens with two attached hydrogens (primary N) is 1. The summed E-state index contributed by atoms with van der Waals surface area (Å²) in [5, 5.41) is 13.8. The van der Waals surface area contributed by atoms with Crippen LogP contribution in [0.2, 0.25) is 0 Å². The number of hydrogen-bond donors (Lipinski definition) is 2. The van der Waals surface area contributed by atoms with Crippen LogP contribution in [0.3, 0.4) is 0 Å². The number of pyridine rings is 1. The SMILES string of the molecule is NS(=O)(=O)c1ccc(-c2ccc(CO)o2)nc1. The van der Waals surface area contributed by atoms with Crippen molar-refractivity contribution >= 4 is 10.0 Å². The summed E-state index contributed by atoms with van der Waals surface area (Å²) < 4.78 is 27.3. The van der Waals surface area contributed by atoms with E-state index in [-0.39, 0.29) is 11.5 Å². The number of rotatable bonds is 3. The van der Waals surface area contributed by atoms with Crippen LogP contribution in [-0.2, 0) is 16.6 Å². The third-order valence-electron chi connectivity index (χ3n) is 2.13. The first-order valence-corrected chi connectivity index (χ1v) is 6.24. The van der Waals surface area contributed by atoms with E-state index in [1.165, 1.54) is 12.1 Å². The molecule has 0 unspecified atom stereocenters. The van der Waals surface area contributed by atoms with E-state index in [2.05, 4.69) is 4.98 Å². The number of furan rings is 1. The number of primary sulfonamides is 1. The molecule has 2 aromatic rings. The van der Waals surface area contributed by atoms with Crippen molar-refractivity contribution in [3.8, 4) is 11.5 Å². The summed E-state index contributed by atoms with van der Waals surface area (Å²) in [6.45, 7) is -0.199. The van der Waals surface area contributed by atoms with Crippen molar-refractivity contribution in [3.05, 3.63) is 36.2 Å². The first-order chi connectivity index (χ1) is 8.00. The molecule has 2 heterocycles. The standard InChI is InChI=1S/C10H10N2O4S/c11-17(14,15)8-2-3-9(12-5-8)10-4-1-7(6-13)16-10/h1-5,13H,6H2,(H2,11,14,15). The monoisotopic (exact) mass is 254 g/mol. The average Bonchev–Trinajstić information content (AvgIpc) is 2.76.